The maximum Gasteiger partial charge on any atom is 0.264 e. The molecule has 1 saturated heterocycles. The van der Waals surface area contributed by atoms with E-state index < -0.39 is 5.92 Å². The molecule has 1 aliphatic carbocycles. The number of hydrogen-bond acceptors (Lipinski definition) is 7. The van der Waals surface area contributed by atoms with Gasteiger partial charge < -0.3 is 14.4 Å². The summed E-state index contributed by atoms with van der Waals surface area (Å²) in [6.07, 6.45) is 1.88. The van der Waals surface area contributed by atoms with Crippen LogP contribution in [-0.4, -0.2) is 67.5 Å². The fraction of sp³-hybridized carbons (Fsp3) is 0.409. The highest BCUT2D eigenvalue weighted by molar-refractivity contribution is 6.37. The number of guanidine groups is 1. The number of fused-ring (bicyclic) bond motifs is 2. The lowest BCUT2D eigenvalue weighted by Gasteiger charge is -2.33. The minimum Gasteiger partial charge on any atom is -0.496 e. The Hall–Kier alpha value is -3.13. The Balaban J connectivity index is 1.66. The number of dihydropyridines is 1. The normalized spacial score (nSPS) is 24.0. The smallest absolute Gasteiger partial charge is 0.264 e. The predicted octanol–water partition coefficient (Wildman–Crippen LogP) is 1.90. The van der Waals surface area contributed by atoms with Crippen LogP contribution in [0.3, 0.4) is 0 Å². The molecule has 8 nitrogen and oxygen atoms in total. The summed E-state index contributed by atoms with van der Waals surface area (Å²) in [5, 5.41) is 0. The number of hydrogen-bond donors (Lipinski definition) is 0. The van der Waals surface area contributed by atoms with Crippen LogP contribution in [0, 0.1) is 5.92 Å². The first-order valence-electron chi connectivity index (χ1n) is 10.2. The van der Waals surface area contributed by atoms with Crippen molar-refractivity contribution < 1.29 is 19.1 Å². The van der Waals surface area contributed by atoms with Gasteiger partial charge >= 0.3 is 0 Å². The molecule has 30 heavy (non-hydrogen) atoms. The fourth-order valence-corrected chi connectivity index (χ4v) is 4.40. The van der Waals surface area contributed by atoms with Crippen molar-refractivity contribution in [2.45, 2.75) is 19.3 Å². The summed E-state index contributed by atoms with van der Waals surface area (Å²) in [5.41, 5.74) is 2.58. The van der Waals surface area contributed by atoms with E-state index in [0.717, 1.165) is 6.42 Å². The minimum atomic E-state index is -0.799. The van der Waals surface area contributed by atoms with E-state index in [2.05, 4.69) is 9.98 Å². The lowest BCUT2D eigenvalue weighted by Crippen LogP contribution is -2.44. The molecule has 1 amide bonds. The van der Waals surface area contributed by atoms with Crippen molar-refractivity contribution in [3.63, 3.8) is 0 Å². The molecule has 154 valence electrons. The number of nitrogens with zero attached hydrogens (tertiary/aromatic N) is 4. The SMILES string of the molecule is COc1ccccc1C1=C2C(=O)CCCC2=NC2=NC(N3CCOCC3)=NC(=O)C21. The highest BCUT2D eigenvalue weighted by Crippen LogP contribution is 2.41. The molecule has 3 heterocycles. The third-order valence-corrected chi connectivity index (χ3v) is 5.81. The lowest BCUT2D eigenvalue weighted by atomic mass is 9.77. The van der Waals surface area contributed by atoms with Gasteiger partial charge in [0.2, 0.25) is 5.96 Å². The Morgan fingerprint density at radius 2 is 1.87 bits per heavy atom. The van der Waals surface area contributed by atoms with Crippen molar-refractivity contribution in [1.29, 1.82) is 0 Å². The van der Waals surface area contributed by atoms with Crippen LogP contribution in [0.25, 0.3) is 5.57 Å². The quantitative estimate of drug-likeness (QED) is 0.748. The number of aliphatic imine (C=N–C) groups is 3. The number of carbonyl (C=O) groups is 2. The Morgan fingerprint density at radius 1 is 1.07 bits per heavy atom. The second-order valence-electron chi connectivity index (χ2n) is 7.58. The zero-order valence-electron chi connectivity index (χ0n) is 16.8. The van der Waals surface area contributed by atoms with Crippen LogP contribution in [0.1, 0.15) is 24.8 Å². The number of rotatable bonds is 2. The zero-order valence-corrected chi connectivity index (χ0v) is 16.8. The van der Waals surface area contributed by atoms with E-state index in [1.807, 2.05) is 29.2 Å². The number of ketones is 1. The molecular formula is C22H22N4O4. The van der Waals surface area contributed by atoms with Crippen LogP contribution in [0.2, 0.25) is 0 Å². The largest absolute Gasteiger partial charge is 0.496 e. The first-order chi connectivity index (χ1) is 14.7. The summed E-state index contributed by atoms with van der Waals surface area (Å²) < 4.78 is 10.9. The molecule has 1 aromatic rings. The van der Waals surface area contributed by atoms with Gasteiger partial charge in [-0.05, 0) is 24.5 Å². The molecule has 0 aromatic heterocycles. The standard InChI is InChI=1S/C22H22N4O4/c1-29-16-8-3-2-5-13(16)17-18-14(6-4-7-15(18)27)23-20-19(17)21(28)25-22(24-20)26-9-11-30-12-10-26/h2-3,5,8,19H,4,6-7,9-12H2,1H3. The summed E-state index contributed by atoms with van der Waals surface area (Å²) in [6, 6.07) is 7.43. The van der Waals surface area contributed by atoms with Gasteiger partial charge in [-0.25, -0.2) is 4.99 Å². The van der Waals surface area contributed by atoms with E-state index in [1.54, 1.807) is 7.11 Å². The first-order valence-corrected chi connectivity index (χ1v) is 10.2. The van der Waals surface area contributed by atoms with E-state index >= 15 is 0 Å². The Bertz CT molecular complexity index is 1050. The van der Waals surface area contributed by atoms with E-state index in [-0.39, 0.29) is 11.7 Å². The second kappa shape index (κ2) is 7.60. The van der Waals surface area contributed by atoms with Crippen LogP contribution in [0.4, 0.5) is 0 Å². The number of allylic oxidation sites excluding steroid dienone is 1. The number of morpholine rings is 1. The Labute approximate surface area is 174 Å². The van der Waals surface area contributed by atoms with Crippen molar-refractivity contribution in [3.05, 3.63) is 35.4 Å². The van der Waals surface area contributed by atoms with E-state index in [9.17, 15) is 9.59 Å². The minimum absolute atomic E-state index is 0.00992. The highest BCUT2D eigenvalue weighted by Gasteiger charge is 2.43. The van der Waals surface area contributed by atoms with Gasteiger partial charge in [-0.3, -0.25) is 9.59 Å². The summed E-state index contributed by atoms with van der Waals surface area (Å²) in [4.78, 5) is 41.8. The van der Waals surface area contributed by atoms with Crippen molar-refractivity contribution in [1.82, 2.24) is 4.90 Å². The molecule has 1 unspecified atom stereocenters. The number of Topliss-reactive ketones (excluding diaryl/α,β-unsaturated/α-hetero) is 1. The van der Waals surface area contributed by atoms with Crippen molar-refractivity contribution in [3.8, 4) is 5.75 Å². The summed E-state index contributed by atoms with van der Waals surface area (Å²) in [5.74, 6) is 0.253. The third kappa shape index (κ3) is 3.08. The van der Waals surface area contributed by atoms with Crippen LogP contribution >= 0.6 is 0 Å². The molecule has 4 aliphatic rings. The molecule has 0 bridgehead atoms. The molecule has 0 radical (unpaired) electrons. The molecule has 3 aliphatic heterocycles. The summed E-state index contributed by atoms with van der Waals surface area (Å²) >= 11 is 0. The van der Waals surface area contributed by atoms with Gasteiger partial charge in [-0.1, -0.05) is 18.2 Å². The Kier molecular flexibility index (Phi) is 4.78. The molecule has 8 heteroatoms. The molecule has 1 saturated carbocycles. The lowest BCUT2D eigenvalue weighted by molar-refractivity contribution is -0.118. The number of ether oxygens (including phenoxy) is 2. The van der Waals surface area contributed by atoms with Crippen LogP contribution in [0.15, 0.2) is 44.8 Å². The molecule has 1 atom stereocenters. The molecule has 0 N–H and O–H groups in total. The van der Waals surface area contributed by atoms with Gasteiger partial charge in [-0.15, -0.1) is 0 Å². The van der Waals surface area contributed by atoms with Gasteiger partial charge in [0.05, 0.1) is 26.0 Å². The number of amidine groups is 1. The molecular weight excluding hydrogens is 384 g/mol. The monoisotopic (exact) mass is 406 g/mol. The van der Waals surface area contributed by atoms with Crippen LogP contribution < -0.4 is 4.74 Å². The van der Waals surface area contributed by atoms with E-state index in [0.29, 0.717) is 79.1 Å². The first kappa shape index (κ1) is 18.9. The topological polar surface area (TPSA) is 92.9 Å². The molecule has 2 fully saturated rings. The molecule has 5 rings (SSSR count). The average Bonchev–Trinajstić information content (AvgIpc) is 2.78. The van der Waals surface area contributed by atoms with E-state index in [1.165, 1.54) is 0 Å². The molecule has 0 spiro atoms. The summed E-state index contributed by atoms with van der Waals surface area (Å²) in [6.45, 7) is 2.40. The average molecular weight is 406 g/mol. The number of amides is 1. The number of carbonyl (C=O) groups excluding carboxylic acids is 2. The zero-order chi connectivity index (χ0) is 20.7. The van der Waals surface area contributed by atoms with Gasteiger partial charge in [-0.2, -0.15) is 9.98 Å². The van der Waals surface area contributed by atoms with Crippen molar-refractivity contribution in [2.24, 2.45) is 20.9 Å². The second-order valence-corrected chi connectivity index (χ2v) is 7.58. The number of para-hydroxylation sites is 1. The maximum atomic E-state index is 13.3. The summed E-state index contributed by atoms with van der Waals surface area (Å²) in [7, 11) is 1.58. The fourth-order valence-electron chi connectivity index (χ4n) is 4.40. The number of methoxy groups -OCH3 is 1. The van der Waals surface area contributed by atoms with Gasteiger partial charge in [0.15, 0.2) is 5.78 Å². The number of benzene rings is 1. The van der Waals surface area contributed by atoms with Crippen molar-refractivity contribution >= 4 is 34.8 Å². The van der Waals surface area contributed by atoms with Crippen LogP contribution in [0.5, 0.6) is 5.75 Å². The predicted molar refractivity (Wildman–Crippen MR) is 112 cm³/mol. The van der Waals surface area contributed by atoms with Gasteiger partial charge in [0.25, 0.3) is 5.91 Å². The van der Waals surface area contributed by atoms with Crippen LogP contribution in [-0.2, 0) is 14.3 Å². The van der Waals surface area contributed by atoms with Crippen molar-refractivity contribution in [2.75, 3.05) is 33.4 Å². The van der Waals surface area contributed by atoms with E-state index in [4.69, 9.17) is 14.5 Å². The maximum absolute atomic E-state index is 13.3. The van der Waals surface area contributed by atoms with Gasteiger partial charge in [0, 0.05) is 30.6 Å². The Morgan fingerprint density at radius 3 is 2.67 bits per heavy atom. The highest BCUT2D eigenvalue weighted by atomic mass is 16.5. The molecule has 1 aromatic carbocycles. The van der Waals surface area contributed by atoms with Gasteiger partial charge in [0.1, 0.15) is 17.5 Å². The third-order valence-electron chi connectivity index (χ3n) is 5.81.